The average molecular weight is 365 g/mol. The van der Waals surface area contributed by atoms with Crippen molar-refractivity contribution in [2.45, 2.75) is 26.2 Å². The molecule has 2 aromatic rings. The van der Waals surface area contributed by atoms with Gasteiger partial charge in [-0.25, -0.2) is 0 Å². The number of ketones is 1. The van der Waals surface area contributed by atoms with Gasteiger partial charge in [0.2, 0.25) is 0 Å². The maximum atomic E-state index is 12.4. The minimum absolute atomic E-state index is 0.00821. The first-order chi connectivity index (χ1) is 12.6. The number of aliphatic imine (C=N–C) groups is 1. The summed E-state index contributed by atoms with van der Waals surface area (Å²) in [4.78, 5) is 16.8. The van der Waals surface area contributed by atoms with Gasteiger partial charge in [-0.3, -0.25) is 9.79 Å². The van der Waals surface area contributed by atoms with Crippen molar-refractivity contribution in [3.63, 3.8) is 0 Å². The predicted octanol–water partition coefficient (Wildman–Crippen LogP) is 5.61. The van der Waals surface area contributed by atoms with Crippen LogP contribution in [0.3, 0.4) is 0 Å². The Bertz CT molecular complexity index is 805. The molecule has 134 valence electrons. The second-order valence-electron chi connectivity index (χ2n) is 6.61. The minimum Gasteiger partial charge on any atom is -0.335 e. The summed E-state index contributed by atoms with van der Waals surface area (Å²) in [6.45, 7) is 5.23. The average Bonchev–Trinajstić information content (AvgIpc) is 2.68. The van der Waals surface area contributed by atoms with E-state index in [1.54, 1.807) is 17.8 Å². The van der Waals surface area contributed by atoms with Crippen molar-refractivity contribution in [2.24, 2.45) is 4.99 Å². The first-order valence-corrected chi connectivity index (χ1v) is 9.97. The molecule has 1 N–H and O–H groups in total. The molecule has 0 saturated carbocycles. The van der Waals surface area contributed by atoms with E-state index in [2.05, 4.69) is 48.4 Å². The molecule has 1 heterocycles. The molecule has 0 aromatic heterocycles. The Kier molecular flexibility index (Phi) is 6.29. The standard InChI is InChI=1S/C22H24N2OS/c1-16(2)18-7-4-17(5-8-18)6-13-21(25)19-9-11-20(12-10-19)24-22-23-14-3-15-26-22/h4-13,16H,3,14-15H2,1-2H3,(H,23,24)/b13-6+. The molecule has 0 amide bonds. The number of hydrogen-bond donors (Lipinski definition) is 1. The van der Waals surface area contributed by atoms with Crippen molar-refractivity contribution in [1.82, 2.24) is 0 Å². The van der Waals surface area contributed by atoms with Crippen LogP contribution >= 0.6 is 11.8 Å². The molecule has 4 heteroatoms. The van der Waals surface area contributed by atoms with Crippen LogP contribution in [0.1, 0.15) is 47.7 Å². The Morgan fingerprint density at radius 2 is 1.85 bits per heavy atom. The van der Waals surface area contributed by atoms with E-state index >= 15 is 0 Å². The summed E-state index contributed by atoms with van der Waals surface area (Å²) in [5.41, 5.74) is 3.98. The topological polar surface area (TPSA) is 41.5 Å². The summed E-state index contributed by atoms with van der Waals surface area (Å²) in [7, 11) is 0. The number of carbonyl (C=O) groups is 1. The lowest BCUT2D eigenvalue weighted by molar-refractivity contribution is 0.104. The first kappa shape index (κ1) is 18.5. The summed E-state index contributed by atoms with van der Waals surface area (Å²) in [6, 6.07) is 15.9. The summed E-state index contributed by atoms with van der Waals surface area (Å²) in [5.74, 6) is 1.62. The highest BCUT2D eigenvalue weighted by Crippen LogP contribution is 2.18. The molecule has 0 bridgehead atoms. The highest BCUT2D eigenvalue weighted by atomic mass is 32.2. The summed E-state index contributed by atoms with van der Waals surface area (Å²) in [6.07, 6.45) is 4.63. The van der Waals surface area contributed by atoms with E-state index in [9.17, 15) is 4.79 Å². The van der Waals surface area contributed by atoms with Crippen molar-refractivity contribution in [3.05, 3.63) is 71.3 Å². The lowest BCUT2D eigenvalue weighted by Crippen LogP contribution is -2.13. The van der Waals surface area contributed by atoms with E-state index < -0.39 is 0 Å². The number of nitrogens with zero attached hydrogens (tertiary/aromatic N) is 1. The normalized spacial score (nSPS) is 14.5. The van der Waals surface area contributed by atoms with Gasteiger partial charge >= 0.3 is 0 Å². The SMILES string of the molecule is CC(C)c1ccc(/C=C/C(=O)c2ccc(NC3=NCCCS3)cc2)cc1. The number of carbonyl (C=O) groups excluding carboxylic acids is 1. The Morgan fingerprint density at radius 1 is 1.12 bits per heavy atom. The molecule has 0 unspecified atom stereocenters. The van der Waals surface area contributed by atoms with Gasteiger partial charge in [0.25, 0.3) is 0 Å². The molecule has 1 aliphatic heterocycles. The Hall–Kier alpha value is -2.33. The maximum Gasteiger partial charge on any atom is 0.185 e. The third-order valence-electron chi connectivity index (χ3n) is 4.25. The lowest BCUT2D eigenvalue weighted by Gasteiger charge is -2.13. The molecular formula is C22H24N2OS. The van der Waals surface area contributed by atoms with Crippen LogP contribution in [0, 0.1) is 0 Å². The number of nitrogens with one attached hydrogen (secondary N) is 1. The van der Waals surface area contributed by atoms with Gasteiger partial charge in [-0.05, 0) is 53.8 Å². The van der Waals surface area contributed by atoms with Crippen LogP contribution in [0.25, 0.3) is 6.08 Å². The van der Waals surface area contributed by atoms with Crippen LogP contribution in [0.5, 0.6) is 0 Å². The third-order valence-corrected chi connectivity index (χ3v) is 5.25. The summed E-state index contributed by atoms with van der Waals surface area (Å²) >= 11 is 1.74. The minimum atomic E-state index is 0.00821. The molecule has 0 aliphatic carbocycles. The van der Waals surface area contributed by atoms with Crippen molar-refractivity contribution >= 4 is 34.5 Å². The lowest BCUT2D eigenvalue weighted by atomic mass is 10.0. The quantitative estimate of drug-likeness (QED) is 0.554. The van der Waals surface area contributed by atoms with Crippen LogP contribution in [-0.2, 0) is 0 Å². The van der Waals surface area contributed by atoms with Crippen molar-refractivity contribution in [2.75, 3.05) is 17.6 Å². The Balaban J connectivity index is 1.61. The van der Waals surface area contributed by atoms with E-state index in [0.29, 0.717) is 11.5 Å². The van der Waals surface area contributed by atoms with Crippen molar-refractivity contribution in [1.29, 1.82) is 0 Å². The van der Waals surface area contributed by atoms with E-state index in [4.69, 9.17) is 0 Å². The van der Waals surface area contributed by atoms with Crippen LogP contribution < -0.4 is 5.32 Å². The molecule has 0 spiro atoms. The number of allylic oxidation sites excluding steroid dienone is 1. The Morgan fingerprint density at radius 3 is 2.46 bits per heavy atom. The first-order valence-electron chi connectivity index (χ1n) is 8.98. The molecule has 2 aromatic carbocycles. The van der Waals surface area contributed by atoms with Crippen LogP contribution in [-0.4, -0.2) is 23.2 Å². The zero-order chi connectivity index (χ0) is 18.4. The summed E-state index contributed by atoms with van der Waals surface area (Å²) < 4.78 is 0. The molecule has 3 rings (SSSR count). The largest absolute Gasteiger partial charge is 0.335 e. The fraction of sp³-hybridized carbons (Fsp3) is 0.273. The molecule has 26 heavy (non-hydrogen) atoms. The molecule has 0 radical (unpaired) electrons. The molecule has 0 fully saturated rings. The third kappa shape index (κ3) is 5.09. The van der Waals surface area contributed by atoms with Crippen LogP contribution in [0.2, 0.25) is 0 Å². The van der Waals surface area contributed by atoms with E-state index in [-0.39, 0.29) is 5.78 Å². The fourth-order valence-electron chi connectivity index (χ4n) is 2.64. The Labute approximate surface area is 159 Å². The van der Waals surface area contributed by atoms with Crippen LogP contribution in [0.4, 0.5) is 5.69 Å². The second kappa shape index (κ2) is 8.86. The smallest absolute Gasteiger partial charge is 0.185 e. The molecule has 3 nitrogen and oxygen atoms in total. The van der Waals surface area contributed by atoms with Gasteiger partial charge in [-0.15, -0.1) is 0 Å². The monoisotopic (exact) mass is 364 g/mol. The van der Waals surface area contributed by atoms with Gasteiger partial charge in [-0.2, -0.15) is 0 Å². The van der Waals surface area contributed by atoms with Crippen molar-refractivity contribution in [3.8, 4) is 0 Å². The van der Waals surface area contributed by atoms with E-state index in [1.807, 2.05) is 30.3 Å². The number of thioether (sulfide) groups is 1. The number of benzene rings is 2. The fourth-order valence-corrected chi connectivity index (χ4v) is 3.48. The number of rotatable bonds is 5. The molecule has 0 atom stereocenters. The second-order valence-corrected chi connectivity index (χ2v) is 7.69. The highest BCUT2D eigenvalue weighted by molar-refractivity contribution is 8.14. The van der Waals surface area contributed by atoms with Gasteiger partial charge in [0.1, 0.15) is 0 Å². The highest BCUT2D eigenvalue weighted by Gasteiger charge is 2.07. The predicted molar refractivity (Wildman–Crippen MR) is 113 cm³/mol. The van der Waals surface area contributed by atoms with Gasteiger partial charge < -0.3 is 5.32 Å². The number of amidine groups is 1. The van der Waals surface area contributed by atoms with Gasteiger partial charge in [0.15, 0.2) is 11.0 Å². The maximum absolute atomic E-state index is 12.4. The summed E-state index contributed by atoms with van der Waals surface area (Å²) in [5, 5.41) is 4.26. The number of hydrogen-bond acceptors (Lipinski definition) is 4. The van der Waals surface area contributed by atoms with Gasteiger partial charge in [-0.1, -0.05) is 56.0 Å². The van der Waals surface area contributed by atoms with E-state index in [1.165, 1.54) is 5.56 Å². The number of anilines is 1. The molecular weight excluding hydrogens is 340 g/mol. The van der Waals surface area contributed by atoms with Crippen LogP contribution in [0.15, 0.2) is 59.6 Å². The van der Waals surface area contributed by atoms with Gasteiger partial charge in [0.05, 0.1) is 0 Å². The molecule has 0 saturated heterocycles. The molecule has 1 aliphatic rings. The zero-order valence-corrected chi connectivity index (χ0v) is 16.1. The van der Waals surface area contributed by atoms with Gasteiger partial charge in [0, 0.05) is 23.5 Å². The van der Waals surface area contributed by atoms with E-state index in [0.717, 1.165) is 35.1 Å². The van der Waals surface area contributed by atoms with Crippen molar-refractivity contribution < 1.29 is 4.79 Å². The zero-order valence-electron chi connectivity index (χ0n) is 15.2.